The molecule has 2 heterocycles. The van der Waals surface area contributed by atoms with Gasteiger partial charge in [0.15, 0.2) is 12.6 Å². The Kier molecular flexibility index (Phi) is 6.70. The molecule has 0 aliphatic carbocycles. The minimum atomic E-state index is -1.58. The Bertz CT molecular complexity index is 465. The van der Waals surface area contributed by atoms with Gasteiger partial charge in [-0.05, 0) is 6.92 Å². The van der Waals surface area contributed by atoms with Gasteiger partial charge in [-0.2, -0.15) is 0 Å². The largest absolute Gasteiger partial charge is 0.388 e. The van der Waals surface area contributed by atoms with E-state index in [0.29, 0.717) is 0 Å². The van der Waals surface area contributed by atoms with Gasteiger partial charge < -0.3 is 50.2 Å². The second kappa shape index (κ2) is 8.20. The molecule has 10 atom stereocenters. The molecular weight excluding hydrogens is 342 g/mol. The van der Waals surface area contributed by atoms with Gasteiger partial charge in [0.1, 0.15) is 42.7 Å². The number of aliphatic hydroxyl groups is 6. The lowest BCUT2D eigenvalue weighted by Crippen LogP contribution is -2.64. The summed E-state index contributed by atoms with van der Waals surface area (Å²) in [6.07, 6.45) is -12.2. The third-order valence-electron chi connectivity index (χ3n) is 4.32. The number of aliphatic hydroxyl groups excluding tert-OH is 6. The number of hydrogen-bond donors (Lipinski definition) is 7. The highest BCUT2D eigenvalue weighted by molar-refractivity contribution is 5.73. The average Bonchev–Trinajstić information content (AvgIpc) is 2.55. The molecule has 2 aliphatic rings. The summed E-state index contributed by atoms with van der Waals surface area (Å²) in [6, 6.07) is -1.21. The van der Waals surface area contributed by atoms with E-state index in [9.17, 15) is 35.4 Å². The summed E-state index contributed by atoms with van der Waals surface area (Å²) in [6.45, 7) is 2.27. The fourth-order valence-corrected chi connectivity index (χ4v) is 2.82. The van der Waals surface area contributed by atoms with Crippen LogP contribution < -0.4 is 5.32 Å². The van der Waals surface area contributed by atoms with Crippen molar-refractivity contribution in [3.8, 4) is 0 Å². The topological polar surface area (TPSA) is 178 Å². The number of rotatable bonds is 4. The van der Waals surface area contributed by atoms with Crippen LogP contribution in [0.15, 0.2) is 0 Å². The van der Waals surface area contributed by atoms with Crippen molar-refractivity contribution in [2.45, 2.75) is 75.2 Å². The van der Waals surface area contributed by atoms with Crippen molar-refractivity contribution in [3.05, 3.63) is 0 Å². The van der Waals surface area contributed by atoms with E-state index in [4.69, 9.17) is 14.2 Å². The monoisotopic (exact) mass is 367 g/mol. The van der Waals surface area contributed by atoms with Gasteiger partial charge in [-0.3, -0.25) is 4.79 Å². The second-order valence-electron chi connectivity index (χ2n) is 6.29. The third-order valence-corrected chi connectivity index (χ3v) is 4.32. The third kappa shape index (κ3) is 4.45. The van der Waals surface area contributed by atoms with Crippen LogP contribution in [0.1, 0.15) is 13.8 Å². The molecule has 1 unspecified atom stereocenters. The number of hydrogen-bond acceptors (Lipinski definition) is 10. The Hall–Kier alpha value is -0.890. The van der Waals surface area contributed by atoms with Crippen LogP contribution in [0.3, 0.4) is 0 Å². The van der Waals surface area contributed by atoms with E-state index < -0.39 is 67.3 Å². The predicted octanol–water partition coefficient (Wildman–Crippen LogP) is -4.23. The Labute approximate surface area is 143 Å². The molecule has 0 spiro atoms. The van der Waals surface area contributed by atoms with Gasteiger partial charge in [0.05, 0.1) is 12.7 Å². The molecule has 11 nitrogen and oxygen atoms in total. The minimum Gasteiger partial charge on any atom is -0.388 e. The van der Waals surface area contributed by atoms with Gasteiger partial charge in [-0.25, -0.2) is 0 Å². The summed E-state index contributed by atoms with van der Waals surface area (Å²) in [5.41, 5.74) is 0. The average molecular weight is 367 g/mol. The fraction of sp³-hybridized carbons (Fsp3) is 0.929. The van der Waals surface area contributed by atoms with E-state index in [2.05, 4.69) is 5.32 Å². The van der Waals surface area contributed by atoms with Crippen molar-refractivity contribution in [2.24, 2.45) is 0 Å². The van der Waals surface area contributed by atoms with E-state index in [1.807, 2.05) is 0 Å². The molecule has 11 heteroatoms. The van der Waals surface area contributed by atoms with Gasteiger partial charge in [0.25, 0.3) is 0 Å². The zero-order valence-electron chi connectivity index (χ0n) is 13.8. The smallest absolute Gasteiger partial charge is 0.217 e. The van der Waals surface area contributed by atoms with Gasteiger partial charge in [0, 0.05) is 6.92 Å². The normalized spacial score (nSPS) is 48.2. The minimum absolute atomic E-state index is 0.390. The summed E-state index contributed by atoms with van der Waals surface area (Å²) in [7, 11) is 0. The molecule has 146 valence electrons. The second-order valence-corrected chi connectivity index (χ2v) is 6.29. The quantitative estimate of drug-likeness (QED) is 0.257. The lowest BCUT2D eigenvalue weighted by atomic mass is 9.97. The molecule has 25 heavy (non-hydrogen) atoms. The predicted molar refractivity (Wildman–Crippen MR) is 78.8 cm³/mol. The number of ether oxygens (including phenoxy) is 3. The molecule has 0 aromatic rings. The molecule has 2 fully saturated rings. The fourth-order valence-electron chi connectivity index (χ4n) is 2.82. The van der Waals surface area contributed by atoms with Crippen LogP contribution in [0.25, 0.3) is 0 Å². The first kappa shape index (κ1) is 20.4. The lowest BCUT2D eigenvalue weighted by Gasteiger charge is -2.42. The van der Waals surface area contributed by atoms with Gasteiger partial charge in [-0.15, -0.1) is 0 Å². The molecule has 1 amide bonds. The lowest BCUT2D eigenvalue weighted by molar-refractivity contribution is -0.313. The van der Waals surface area contributed by atoms with Crippen molar-refractivity contribution in [2.75, 3.05) is 6.61 Å². The summed E-state index contributed by atoms with van der Waals surface area (Å²) in [5.74, 6) is -0.520. The highest BCUT2D eigenvalue weighted by Gasteiger charge is 2.46. The SMILES string of the molecule is CC(=O)N[C@H]1C(O)O[C@H](CO[C@H]2O[C@H](C)[C@H](O)[C@H](O)[C@H]2O)[C@@H](O)[C@@H]1O. The van der Waals surface area contributed by atoms with Crippen molar-refractivity contribution >= 4 is 5.91 Å². The molecule has 0 radical (unpaired) electrons. The van der Waals surface area contributed by atoms with Crippen molar-refractivity contribution in [1.29, 1.82) is 0 Å². The van der Waals surface area contributed by atoms with Crippen molar-refractivity contribution in [3.63, 3.8) is 0 Å². The molecule has 7 N–H and O–H groups in total. The molecule has 0 saturated carbocycles. The van der Waals surface area contributed by atoms with Crippen LogP contribution in [-0.2, 0) is 19.0 Å². The zero-order chi connectivity index (χ0) is 18.9. The molecule has 0 aromatic heterocycles. The van der Waals surface area contributed by atoms with Gasteiger partial charge >= 0.3 is 0 Å². The Morgan fingerprint density at radius 1 is 0.960 bits per heavy atom. The summed E-state index contributed by atoms with van der Waals surface area (Å²) >= 11 is 0. The van der Waals surface area contributed by atoms with E-state index in [0.717, 1.165) is 0 Å². The summed E-state index contributed by atoms with van der Waals surface area (Å²) in [5, 5.41) is 61.4. The van der Waals surface area contributed by atoms with E-state index >= 15 is 0 Å². The zero-order valence-corrected chi connectivity index (χ0v) is 13.8. The van der Waals surface area contributed by atoms with Crippen molar-refractivity contribution < 1.29 is 49.6 Å². The van der Waals surface area contributed by atoms with Gasteiger partial charge in [-0.1, -0.05) is 0 Å². The molecule has 2 aliphatic heterocycles. The summed E-state index contributed by atoms with van der Waals surface area (Å²) in [4.78, 5) is 11.1. The summed E-state index contributed by atoms with van der Waals surface area (Å²) < 4.78 is 15.6. The van der Waals surface area contributed by atoms with E-state index in [1.54, 1.807) is 0 Å². The Morgan fingerprint density at radius 2 is 1.60 bits per heavy atom. The molecular formula is C14H25NO10. The molecule has 0 aromatic carbocycles. The highest BCUT2D eigenvalue weighted by atomic mass is 16.7. The van der Waals surface area contributed by atoms with E-state index in [1.165, 1.54) is 13.8 Å². The molecule has 2 rings (SSSR count). The highest BCUT2D eigenvalue weighted by Crippen LogP contribution is 2.24. The number of carbonyl (C=O) groups is 1. The van der Waals surface area contributed by atoms with Crippen LogP contribution in [-0.4, -0.2) is 105 Å². The maximum absolute atomic E-state index is 11.1. The van der Waals surface area contributed by atoms with Crippen LogP contribution in [0.2, 0.25) is 0 Å². The van der Waals surface area contributed by atoms with Crippen LogP contribution >= 0.6 is 0 Å². The molecule has 2 saturated heterocycles. The van der Waals surface area contributed by atoms with Gasteiger partial charge in [0.2, 0.25) is 5.91 Å². The maximum Gasteiger partial charge on any atom is 0.217 e. The number of carbonyl (C=O) groups excluding carboxylic acids is 1. The van der Waals surface area contributed by atoms with Crippen molar-refractivity contribution in [1.82, 2.24) is 5.32 Å². The number of nitrogens with one attached hydrogen (secondary N) is 1. The Morgan fingerprint density at radius 3 is 2.20 bits per heavy atom. The van der Waals surface area contributed by atoms with Crippen LogP contribution in [0, 0.1) is 0 Å². The standard InChI is InChI=1S/C14H25NO10/c1-4-8(17)11(20)12(21)14(24-4)23-3-6-9(18)10(19)7(13(22)25-6)15-5(2)16/h4,6-14,17-22H,3H2,1-2H3,(H,15,16)/t4-,6-,7-,8+,9-,10-,11+,12-,13?,14+/m1/s1. The van der Waals surface area contributed by atoms with Crippen LogP contribution in [0.5, 0.6) is 0 Å². The maximum atomic E-state index is 11.1. The number of amides is 1. The first-order chi connectivity index (χ1) is 11.6. The first-order valence-corrected chi connectivity index (χ1v) is 7.91. The Balaban J connectivity index is 1.94. The van der Waals surface area contributed by atoms with Crippen LogP contribution in [0.4, 0.5) is 0 Å². The van der Waals surface area contributed by atoms with E-state index in [-0.39, 0.29) is 6.61 Å². The first-order valence-electron chi connectivity index (χ1n) is 7.91. The molecule has 0 bridgehead atoms.